The average molecular weight is 577 g/mol. The monoisotopic (exact) mass is 575 g/mol. The first-order valence-electron chi connectivity index (χ1n) is 13.7. The van der Waals surface area contributed by atoms with Crippen molar-refractivity contribution >= 4 is 27.5 Å². The molecule has 0 saturated carbocycles. The smallest absolute Gasteiger partial charge is 0.257 e. The molecule has 200 valence electrons. The number of benzene rings is 2. The average Bonchev–Trinajstić information content (AvgIpc) is 2.93. The SMILES string of the molecule is Cc1ncnc(C)c1C(=O)N1CCC(C)(N2CCC(N(Cc3ccccc3)c3ccc(Br)cc3)CC2)CC1. The number of aromatic nitrogens is 2. The number of nitrogens with zero attached hydrogens (tertiary/aromatic N) is 5. The molecule has 0 bridgehead atoms. The van der Waals surface area contributed by atoms with Gasteiger partial charge in [-0.3, -0.25) is 9.69 Å². The zero-order valence-electron chi connectivity index (χ0n) is 22.7. The van der Waals surface area contributed by atoms with Crippen LogP contribution in [0, 0.1) is 13.8 Å². The third kappa shape index (κ3) is 5.79. The Hall–Kier alpha value is -2.77. The topological polar surface area (TPSA) is 52.6 Å². The lowest BCUT2D eigenvalue weighted by Gasteiger charge is -2.50. The highest BCUT2D eigenvalue weighted by Crippen LogP contribution is 2.34. The normalized spacial score (nSPS) is 18.4. The van der Waals surface area contributed by atoms with E-state index in [-0.39, 0.29) is 11.4 Å². The summed E-state index contributed by atoms with van der Waals surface area (Å²) >= 11 is 3.59. The van der Waals surface area contributed by atoms with Gasteiger partial charge in [-0.05, 0) is 76.3 Å². The number of anilines is 1. The molecule has 2 aromatic carbocycles. The summed E-state index contributed by atoms with van der Waals surface area (Å²) in [5.41, 5.74) is 4.96. The fourth-order valence-corrected chi connectivity index (χ4v) is 6.39. The summed E-state index contributed by atoms with van der Waals surface area (Å²) in [5.74, 6) is 0.0763. The Balaban J connectivity index is 1.22. The summed E-state index contributed by atoms with van der Waals surface area (Å²) in [5, 5.41) is 0. The van der Waals surface area contributed by atoms with Crippen LogP contribution in [-0.4, -0.2) is 63.4 Å². The number of hydrogen-bond donors (Lipinski definition) is 0. The van der Waals surface area contributed by atoms with Crippen LogP contribution in [0.1, 0.15) is 59.9 Å². The largest absolute Gasteiger partial charge is 0.364 e. The Bertz CT molecular complexity index is 1210. The number of likely N-dealkylation sites (tertiary alicyclic amines) is 2. The van der Waals surface area contributed by atoms with E-state index in [1.165, 1.54) is 17.6 Å². The van der Waals surface area contributed by atoms with E-state index in [2.05, 4.69) is 97.2 Å². The molecular weight excluding hydrogens is 538 g/mol. The van der Waals surface area contributed by atoms with E-state index in [1.54, 1.807) is 0 Å². The maximum Gasteiger partial charge on any atom is 0.257 e. The highest BCUT2D eigenvalue weighted by Gasteiger charge is 2.39. The number of halogens is 1. The van der Waals surface area contributed by atoms with Crippen molar-refractivity contribution < 1.29 is 4.79 Å². The van der Waals surface area contributed by atoms with Gasteiger partial charge in [-0.2, -0.15) is 0 Å². The fourth-order valence-electron chi connectivity index (χ4n) is 6.13. The van der Waals surface area contributed by atoms with Crippen molar-refractivity contribution in [2.24, 2.45) is 0 Å². The van der Waals surface area contributed by atoms with Crippen LogP contribution < -0.4 is 4.90 Å². The fraction of sp³-hybridized carbons (Fsp3) is 0.452. The molecule has 0 atom stereocenters. The second-order valence-corrected chi connectivity index (χ2v) is 11.9. The lowest BCUT2D eigenvalue weighted by atomic mass is 9.85. The molecule has 3 heterocycles. The third-order valence-electron chi connectivity index (χ3n) is 8.59. The van der Waals surface area contributed by atoms with E-state index in [1.807, 2.05) is 18.7 Å². The van der Waals surface area contributed by atoms with Crippen molar-refractivity contribution in [3.8, 4) is 0 Å². The molecule has 3 aromatic rings. The minimum atomic E-state index is 0.0763. The van der Waals surface area contributed by atoms with E-state index in [0.29, 0.717) is 11.6 Å². The minimum Gasteiger partial charge on any atom is -0.364 e. The van der Waals surface area contributed by atoms with Crippen LogP contribution in [0.2, 0.25) is 0 Å². The van der Waals surface area contributed by atoms with Crippen LogP contribution in [0.3, 0.4) is 0 Å². The summed E-state index contributed by atoms with van der Waals surface area (Å²) in [6, 6.07) is 20.0. The maximum atomic E-state index is 13.3. The molecule has 1 aromatic heterocycles. The quantitative estimate of drug-likeness (QED) is 0.359. The molecule has 2 aliphatic rings. The molecule has 7 heteroatoms. The summed E-state index contributed by atoms with van der Waals surface area (Å²) in [6.07, 6.45) is 5.81. The second-order valence-electron chi connectivity index (χ2n) is 11.0. The number of piperidine rings is 2. The Labute approximate surface area is 235 Å². The van der Waals surface area contributed by atoms with E-state index in [9.17, 15) is 4.79 Å². The van der Waals surface area contributed by atoms with Crippen molar-refractivity contribution in [1.82, 2.24) is 19.8 Å². The molecule has 0 aliphatic carbocycles. The van der Waals surface area contributed by atoms with Crippen LogP contribution in [0.5, 0.6) is 0 Å². The molecule has 2 fully saturated rings. The van der Waals surface area contributed by atoms with Gasteiger partial charge in [0.25, 0.3) is 5.91 Å². The Morgan fingerprint density at radius 2 is 1.55 bits per heavy atom. The lowest BCUT2D eigenvalue weighted by Crippen LogP contribution is -2.58. The second kappa shape index (κ2) is 11.5. The molecule has 0 unspecified atom stereocenters. The number of carbonyl (C=O) groups excluding carboxylic acids is 1. The standard InChI is InChI=1S/C31H38BrN5O/c1-23-29(24(2)34-22-33-23)30(38)35-19-15-31(3,16-20-35)36-17-13-28(14-18-36)37(21-25-7-5-4-6-8-25)27-11-9-26(32)10-12-27/h4-12,22,28H,13-21H2,1-3H3. The molecule has 38 heavy (non-hydrogen) atoms. The van der Waals surface area contributed by atoms with Crippen LogP contribution in [0.15, 0.2) is 65.4 Å². The van der Waals surface area contributed by atoms with Crippen LogP contribution in [0.25, 0.3) is 0 Å². The van der Waals surface area contributed by atoms with Crippen molar-refractivity contribution in [3.05, 3.63) is 87.9 Å². The minimum absolute atomic E-state index is 0.0763. The first-order chi connectivity index (χ1) is 18.3. The zero-order valence-corrected chi connectivity index (χ0v) is 24.3. The molecular formula is C31H38BrN5O. The zero-order chi connectivity index (χ0) is 26.7. The van der Waals surface area contributed by atoms with Gasteiger partial charge in [0.1, 0.15) is 6.33 Å². The number of carbonyl (C=O) groups is 1. The van der Waals surface area contributed by atoms with Crippen molar-refractivity contribution in [3.63, 3.8) is 0 Å². The van der Waals surface area contributed by atoms with Gasteiger partial charge in [0.05, 0.1) is 17.0 Å². The predicted molar refractivity (Wildman–Crippen MR) is 156 cm³/mol. The van der Waals surface area contributed by atoms with Gasteiger partial charge in [0, 0.05) is 54.5 Å². The van der Waals surface area contributed by atoms with Crippen LogP contribution in [0.4, 0.5) is 5.69 Å². The first kappa shape index (κ1) is 26.8. The van der Waals surface area contributed by atoms with Gasteiger partial charge in [0.15, 0.2) is 0 Å². The number of rotatable bonds is 6. The highest BCUT2D eigenvalue weighted by molar-refractivity contribution is 9.10. The van der Waals surface area contributed by atoms with E-state index in [0.717, 1.165) is 74.3 Å². The molecule has 0 radical (unpaired) electrons. The van der Waals surface area contributed by atoms with E-state index < -0.39 is 0 Å². The van der Waals surface area contributed by atoms with Crippen LogP contribution in [-0.2, 0) is 6.54 Å². The summed E-state index contributed by atoms with van der Waals surface area (Å²) in [6.45, 7) is 10.8. The summed E-state index contributed by atoms with van der Waals surface area (Å²) in [7, 11) is 0. The van der Waals surface area contributed by atoms with E-state index in [4.69, 9.17) is 0 Å². The number of amides is 1. The van der Waals surface area contributed by atoms with Crippen molar-refractivity contribution in [1.29, 1.82) is 0 Å². The Morgan fingerprint density at radius 1 is 0.947 bits per heavy atom. The summed E-state index contributed by atoms with van der Waals surface area (Å²) in [4.78, 5) is 29.1. The van der Waals surface area contributed by atoms with Gasteiger partial charge in [-0.1, -0.05) is 46.3 Å². The Kier molecular flexibility index (Phi) is 8.15. The number of aryl methyl sites for hydroxylation is 2. The van der Waals surface area contributed by atoms with Gasteiger partial charge in [-0.15, -0.1) is 0 Å². The predicted octanol–water partition coefficient (Wildman–Crippen LogP) is 6.02. The van der Waals surface area contributed by atoms with Gasteiger partial charge in [0.2, 0.25) is 0 Å². The molecule has 1 amide bonds. The third-order valence-corrected chi connectivity index (χ3v) is 9.12. The van der Waals surface area contributed by atoms with Gasteiger partial charge >= 0.3 is 0 Å². The number of hydrogen-bond acceptors (Lipinski definition) is 5. The van der Waals surface area contributed by atoms with Crippen LogP contribution >= 0.6 is 15.9 Å². The lowest BCUT2D eigenvalue weighted by molar-refractivity contribution is 0.0170. The maximum absolute atomic E-state index is 13.3. The molecule has 0 N–H and O–H groups in total. The van der Waals surface area contributed by atoms with Gasteiger partial charge < -0.3 is 9.80 Å². The first-order valence-corrected chi connectivity index (χ1v) is 14.5. The van der Waals surface area contributed by atoms with Crippen molar-refractivity contribution in [2.45, 2.75) is 64.6 Å². The van der Waals surface area contributed by atoms with Crippen molar-refractivity contribution in [2.75, 3.05) is 31.1 Å². The molecule has 5 rings (SSSR count). The van der Waals surface area contributed by atoms with E-state index >= 15 is 0 Å². The molecule has 2 aliphatic heterocycles. The highest BCUT2D eigenvalue weighted by atomic mass is 79.9. The molecule has 0 spiro atoms. The molecule has 2 saturated heterocycles. The van der Waals surface area contributed by atoms with Gasteiger partial charge in [-0.25, -0.2) is 9.97 Å². The molecule has 6 nitrogen and oxygen atoms in total. The summed E-state index contributed by atoms with van der Waals surface area (Å²) < 4.78 is 1.11. The Morgan fingerprint density at radius 3 is 2.16 bits per heavy atom.